The Labute approximate surface area is 817 Å². The van der Waals surface area contributed by atoms with E-state index >= 15 is 0 Å². The van der Waals surface area contributed by atoms with Crippen LogP contribution in [0.15, 0.2) is 82.1 Å². The maximum atomic E-state index is 13.1. The largest absolute Gasteiger partial charge is 0.394 e. The van der Waals surface area contributed by atoms with E-state index in [0.29, 0.717) is 171 Å². The van der Waals surface area contributed by atoms with Gasteiger partial charge in [-0.15, -0.1) is 0 Å². The molecule has 0 saturated carbocycles. The number of carbonyl (C=O) groups excluding carboxylic acids is 5. The summed E-state index contributed by atoms with van der Waals surface area (Å²) in [5.41, 5.74) is -1.28. The molecule has 39 nitrogen and oxygen atoms in total. The van der Waals surface area contributed by atoms with E-state index in [-0.39, 0.29) is 83.7 Å². The fraction of sp³-hybridized carbons (Fsp3) is 0.723. The molecule has 788 valence electrons. The number of aliphatic hydroxyl groups excluding tert-OH is 3. The number of benzene rings is 1. The lowest BCUT2D eigenvalue weighted by Crippen LogP contribution is -2.50. The van der Waals surface area contributed by atoms with Gasteiger partial charge in [-0.3, -0.25) is 29.3 Å². The lowest BCUT2D eigenvalue weighted by atomic mass is 9.84. The molecule has 0 radical (unpaired) electrons. The number of aliphatic hydroxyl groups is 3. The quantitative estimate of drug-likeness (QED) is 0.0153. The van der Waals surface area contributed by atoms with E-state index in [1.165, 1.54) is 81.4 Å². The summed E-state index contributed by atoms with van der Waals surface area (Å²) in [6.45, 7) is 43.5. The maximum absolute atomic E-state index is 13.1. The van der Waals surface area contributed by atoms with Crippen molar-refractivity contribution in [3.63, 3.8) is 0 Å². The number of amides is 3. The van der Waals surface area contributed by atoms with Crippen molar-refractivity contribution in [3.05, 3.63) is 101 Å². The molecular formula is C94H149FN8O31S5. The van der Waals surface area contributed by atoms with E-state index < -0.39 is 152 Å². The Balaban J connectivity index is 0.000000267. The van der Waals surface area contributed by atoms with E-state index in [1.54, 1.807) is 74.0 Å². The molecule has 5 aromatic heterocycles. The fourth-order valence-corrected chi connectivity index (χ4v) is 23.0. The summed E-state index contributed by atoms with van der Waals surface area (Å²) in [4.78, 5) is 63.6. The van der Waals surface area contributed by atoms with E-state index in [9.17, 15) is 80.7 Å². The Hall–Kier alpha value is -7.74. The number of nitrogens with zero attached hydrogens (tertiary/aromatic N) is 5. The minimum atomic E-state index is -4.09. The zero-order valence-electron chi connectivity index (χ0n) is 85.1. The highest BCUT2D eigenvalue weighted by Gasteiger charge is 2.51. The van der Waals surface area contributed by atoms with Crippen LogP contribution in [0.2, 0.25) is 0 Å². The van der Waals surface area contributed by atoms with Crippen molar-refractivity contribution in [1.82, 2.24) is 25.8 Å². The van der Waals surface area contributed by atoms with Gasteiger partial charge in [-0.25, -0.2) is 46.5 Å². The number of carbonyl (C=O) groups is 5. The van der Waals surface area contributed by atoms with Crippen molar-refractivity contribution >= 4 is 96.0 Å². The third-order valence-corrected chi connectivity index (χ3v) is 40.7. The van der Waals surface area contributed by atoms with E-state index in [1.807, 2.05) is 48.5 Å². The van der Waals surface area contributed by atoms with Crippen LogP contribution in [0.1, 0.15) is 251 Å². The molecule has 6 N–H and O–H groups in total. The van der Waals surface area contributed by atoms with Gasteiger partial charge < -0.3 is 86.5 Å². The van der Waals surface area contributed by atoms with Gasteiger partial charge in [0, 0.05) is 114 Å². The van der Waals surface area contributed by atoms with Gasteiger partial charge in [-0.1, -0.05) is 95.0 Å². The van der Waals surface area contributed by atoms with Gasteiger partial charge in [0.05, 0.1) is 126 Å². The Kier molecular flexibility index (Phi) is 42.5. The van der Waals surface area contributed by atoms with Crippen LogP contribution in [0.4, 0.5) is 21.9 Å². The second-order valence-corrected chi connectivity index (χ2v) is 54.3. The summed E-state index contributed by atoms with van der Waals surface area (Å²) >= 11 is 0. The molecule has 4 fully saturated rings. The third-order valence-electron chi connectivity index (χ3n) is 27.0. The molecule has 3 amide bonds. The monoisotopic (exact) mass is 2060 g/mol. The Bertz CT molecular complexity index is 5590. The lowest BCUT2D eigenvalue weighted by molar-refractivity contribution is -0.121. The number of rotatable bonds is 42. The predicted octanol–water partition coefficient (Wildman–Crippen LogP) is 10.6. The van der Waals surface area contributed by atoms with Crippen molar-refractivity contribution in [2.75, 3.05) is 134 Å². The zero-order chi connectivity index (χ0) is 105. The molecule has 45 heteroatoms. The average Bonchev–Trinajstić information content (AvgIpc) is 1.45. The van der Waals surface area contributed by atoms with Crippen LogP contribution in [-0.4, -0.2) is 283 Å². The zero-order valence-corrected chi connectivity index (χ0v) is 89.1. The summed E-state index contributed by atoms with van der Waals surface area (Å²) < 4.78 is 203. The van der Waals surface area contributed by atoms with Crippen molar-refractivity contribution in [2.45, 2.75) is 308 Å². The molecule has 0 bridgehead atoms. The smallest absolute Gasteiger partial charge is 0.248 e. The maximum Gasteiger partial charge on any atom is 0.248 e. The summed E-state index contributed by atoms with van der Waals surface area (Å²) in [7, 11) is -15.5. The standard InChI is InChI=1S/C21H35NO7S.C20H33NO6S.C18H23FN2O5S.C18H30N2O7S.C17H28N2O6S/c1-20(2,15-28-11-10-26-5)18-12-17(29-22-18)13-19(23)21(3,4)30(24,25)14-16-6-8-27-9-7-16;1-14(25-6)19(2,3)18-12-16(21-27-18)11-17(22)20(4,5)28(23,24)13-15-7-9-26-10-8-15;1-11(22)17(2,3)14-10-15(26-21-14)20-16(23)18(4,5)27(24,25)13-8-6-12(19)7-9-13;1-17(2,12-26-10-7-21)14-11-15(20-27-14)19-16(22)18(3,4)28(23,24)13-5-8-25-9-6-13;1-11(20)16(2,3)13-10-14(19-25-13)18-15(21)17(4,5)26(22,23)12-6-8-24-9-7-12/h12,16H,6-11,13-15H2,1-5H3;12,14-15H,7-11,13H2,1-6H3;6-11,22H,1-5H3,(H,20,23);11,13,21H,5-10,12H2,1-4H3,(H,19,20,22);10-12,20H,6-9H2,1-5H3,(H,18,19,21)/t;14-;11-;;11-/m.00.0/s1. The number of hydrogen-bond donors (Lipinski definition) is 6. The van der Waals surface area contributed by atoms with Crippen molar-refractivity contribution < 1.29 is 146 Å². The molecule has 0 spiro atoms. The SMILES string of the molecule is CC(C)(COCCO)c1cc(NC(=O)C(C)(C)S(=O)(=O)C2CCOCC2)no1.COCCOCC(C)(C)c1cc(CC(=O)C(C)(C)S(=O)(=O)CC2CCOCC2)on1.CO[C@@H](C)C(C)(C)c1cc(CC(=O)C(C)(C)S(=O)(=O)CC2CCOCC2)no1.C[C@H](O)C(C)(C)c1cc(NC(=O)C(C)(C)S(=O)(=O)C2CCOCC2)no1.C[C@H](O)C(C)(C)c1cc(NC(=O)C(C)(C)S(=O)(=O)c2ccc(F)cc2)on1. The first-order valence-electron chi connectivity index (χ1n) is 46.3. The van der Waals surface area contributed by atoms with Crippen LogP contribution in [0.25, 0.3) is 0 Å². The lowest BCUT2D eigenvalue weighted by Gasteiger charge is -2.30. The number of ketones is 2. The molecule has 10 rings (SSSR count). The third kappa shape index (κ3) is 30.5. The van der Waals surface area contributed by atoms with Gasteiger partial charge in [0.25, 0.3) is 0 Å². The number of ether oxygens (including phenoxy) is 8. The number of halogens is 1. The summed E-state index contributed by atoms with van der Waals surface area (Å²) in [6, 6.07) is 12.2. The normalized spacial score (nSPS) is 16.9. The van der Waals surface area contributed by atoms with Gasteiger partial charge in [-0.05, 0) is 177 Å². The fourth-order valence-electron chi connectivity index (χ4n) is 14.1. The number of nitrogens with one attached hydrogen (secondary N) is 3. The molecule has 4 saturated heterocycles. The molecule has 0 unspecified atom stereocenters. The second-order valence-electron chi connectivity index (χ2n) is 41.0. The van der Waals surface area contributed by atoms with Crippen LogP contribution >= 0.6 is 0 Å². The number of aromatic nitrogens is 5. The minimum absolute atomic E-state index is 0.00258. The van der Waals surface area contributed by atoms with Crippen molar-refractivity contribution in [1.29, 1.82) is 0 Å². The van der Waals surface area contributed by atoms with Crippen molar-refractivity contribution in [2.24, 2.45) is 11.8 Å². The Morgan fingerprint density at radius 1 is 0.439 bits per heavy atom. The first kappa shape index (κ1) is 120. The first-order valence-corrected chi connectivity index (χ1v) is 54.2. The number of Topliss-reactive ketones (excluding diaryl/α,β-unsaturated/α-hetero) is 2. The molecule has 6 aromatic rings. The van der Waals surface area contributed by atoms with Crippen molar-refractivity contribution in [3.8, 4) is 0 Å². The number of methoxy groups -OCH3 is 2. The highest BCUT2D eigenvalue weighted by atomic mass is 32.2. The van der Waals surface area contributed by atoms with Crippen LogP contribution < -0.4 is 16.0 Å². The van der Waals surface area contributed by atoms with Gasteiger partial charge in [0.1, 0.15) is 52.6 Å². The molecule has 1 aromatic carbocycles. The second kappa shape index (κ2) is 49.2. The number of anilines is 3. The minimum Gasteiger partial charge on any atom is -0.394 e. The van der Waals surface area contributed by atoms with Gasteiger partial charge in [0.15, 0.2) is 72.4 Å². The molecule has 4 aliphatic rings. The summed E-state index contributed by atoms with van der Waals surface area (Å²) in [5.74, 6) is -1.36. The molecule has 139 heavy (non-hydrogen) atoms. The van der Waals surface area contributed by atoms with Gasteiger partial charge >= 0.3 is 0 Å². The van der Waals surface area contributed by atoms with Gasteiger partial charge in [-0.2, -0.15) is 0 Å². The first-order chi connectivity index (χ1) is 64.1. The predicted molar refractivity (Wildman–Crippen MR) is 516 cm³/mol. The van der Waals surface area contributed by atoms with Crippen LogP contribution in [-0.2, 0) is 151 Å². The van der Waals surface area contributed by atoms with E-state index in [2.05, 4.69) is 41.7 Å². The summed E-state index contributed by atoms with van der Waals surface area (Å²) in [5, 5.41) is 54.3. The topological polar surface area (TPSA) is 557 Å². The van der Waals surface area contributed by atoms with E-state index in [0.717, 1.165) is 24.3 Å². The molecule has 9 heterocycles. The van der Waals surface area contributed by atoms with Crippen LogP contribution in [0.5, 0.6) is 0 Å². The molecule has 4 aliphatic heterocycles. The Morgan fingerprint density at radius 2 is 0.842 bits per heavy atom. The summed E-state index contributed by atoms with van der Waals surface area (Å²) in [6.07, 6.45) is 2.65. The average molecular weight is 2070 g/mol. The number of hydrogen-bond acceptors (Lipinski definition) is 36. The number of sulfone groups is 5. The van der Waals surface area contributed by atoms with Gasteiger partial charge in [0.2, 0.25) is 23.6 Å². The Morgan fingerprint density at radius 3 is 1.29 bits per heavy atom. The highest BCUT2D eigenvalue weighted by molar-refractivity contribution is 7.95. The molecule has 0 aliphatic carbocycles. The molecule has 3 atom stereocenters. The van der Waals surface area contributed by atoms with E-state index in [4.69, 9.17) is 65.6 Å². The van der Waals surface area contributed by atoms with Crippen LogP contribution in [0, 0.1) is 17.7 Å². The highest BCUT2D eigenvalue weighted by Crippen LogP contribution is 2.39. The van der Waals surface area contributed by atoms with Crippen LogP contribution in [0.3, 0.4) is 0 Å². The molecular weight excluding hydrogens is 1920 g/mol.